The second kappa shape index (κ2) is 8.32. The molecule has 0 aliphatic rings. The molecule has 0 spiro atoms. The van der Waals surface area contributed by atoms with Gasteiger partial charge in [-0.1, -0.05) is 23.7 Å². The lowest BCUT2D eigenvalue weighted by Gasteiger charge is -2.18. The van der Waals surface area contributed by atoms with Crippen molar-refractivity contribution in [3.8, 4) is 0 Å². The minimum Gasteiger partial charge on any atom is -0.454 e. The molecule has 152 valence electrons. The summed E-state index contributed by atoms with van der Waals surface area (Å²) in [5.74, 6) is -0.612. The standard InChI is InChI=1S/C19H18ClN3O5S/c1-12(18-21-16-6-4-3-5-15(16)19(25)22-18)28-17(24)11-23(2)29(26,27)14-9-7-13(20)8-10-14/h3-10,12H,11H2,1-2H3,(H,21,22,25). The minimum atomic E-state index is -3.89. The molecule has 1 N–H and O–H groups in total. The van der Waals surface area contributed by atoms with E-state index in [0.717, 1.165) is 4.31 Å². The number of H-pyrrole nitrogens is 1. The molecule has 0 saturated carbocycles. The van der Waals surface area contributed by atoms with E-state index in [0.29, 0.717) is 15.9 Å². The lowest BCUT2D eigenvalue weighted by atomic mass is 10.2. The zero-order chi connectivity index (χ0) is 21.2. The first-order chi connectivity index (χ1) is 13.7. The molecule has 0 aliphatic heterocycles. The third-order valence-corrected chi connectivity index (χ3v) is 6.27. The fourth-order valence-electron chi connectivity index (χ4n) is 2.64. The highest BCUT2D eigenvalue weighted by atomic mass is 35.5. The lowest BCUT2D eigenvalue weighted by Crippen LogP contribution is -2.33. The predicted octanol–water partition coefficient (Wildman–Crippen LogP) is 2.50. The van der Waals surface area contributed by atoms with Crippen LogP contribution in [0.2, 0.25) is 5.02 Å². The van der Waals surface area contributed by atoms with E-state index in [-0.39, 0.29) is 16.3 Å². The summed E-state index contributed by atoms with van der Waals surface area (Å²) in [4.78, 5) is 31.3. The van der Waals surface area contributed by atoms with Gasteiger partial charge in [0.2, 0.25) is 10.0 Å². The van der Waals surface area contributed by atoms with E-state index in [2.05, 4.69) is 9.97 Å². The summed E-state index contributed by atoms with van der Waals surface area (Å²) in [6.07, 6.45) is -0.869. The third kappa shape index (κ3) is 4.64. The first kappa shape index (κ1) is 21.0. The van der Waals surface area contributed by atoms with Gasteiger partial charge in [-0.05, 0) is 43.3 Å². The highest BCUT2D eigenvalue weighted by molar-refractivity contribution is 7.89. The van der Waals surface area contributed by atoms with E-state index in [1.54, 1.807) is 31.2 Å². The molecule has 10 heteroatoms. The van der Waals surface area contributed by atoms with E-state index in [4.69, 9.17) is 16.3 Å². The molecule has 8 nitrogen and oxygen atoms in total. The van der Waals surface area contributed by atoms with Crippen molar-refractivity contribution in [3.05, 3.63) is 69.7 Å². The smallest absolute Gasteiger partial charge is 0.321 e. The second-order valence-electron chi connectivity index (χ2n) is 6.32. The fourth-order valence-corrected chi connectivity index (χ4v) is 3.88. The number of carbonyl (C=O) groups is 1. The van der Waals surface area contributed by atoms with Crippen molar-refractivity contribution < 1.29 is 17.9 Å². The van der Waals surface area contributed by atoms with Gasteiger partial charge in [0.25, 0.3) is 5.56 Å². The molecule has 0 amide bonds. The summed E-state index contributed by atoms with van der Waals surface area (Å²) >= 11 is 5.77. The molecule has 1 unspecified atom stereocenters. The van der Waals surface area contributed by atoms with Gasteiger partial charge in [0, 0.05) is 12.1 Å². The van der Waals surface area contributed by atoms with Crippen LogP contribution in [0.1, 0.15) is 18.9 Å². The number of aromatic nitrogens is 2. The number of rotatable bonds is 6. The topological polar surface area (TPSA) is 109 Å². The van der Waals surface area contributed by atoms with Crippen molar-refractivity contribution in [2.75, 3.05) is 13.6 Å². The van der Waals surface area contributed by atoms with Gasteiger partial charge in [-0.25, -0.2) is 13.4 Å². The number of likely N-dealkylation sites (N-methyl/N-ethyl adjacent to an activating group) is 1. The maximum absolute atomic E-state index is 12.5. The van der Waals surface area contributed by atoms with E-state index in [1.165, 1.54) is 31.3 Å². The number of hydrogen-bond donors (Lipinski definition) is 1. The van der Waals surface area contributed by atoms with Gasteiger partial charge in [-0.15, -0.1) is 0 Å². The van der Waals surface area contributed by atoms with Crippen LogP contribution < -0.4 is 5.56 Å². The van der Waals surface area contributed by atoms with E-state index >= 15 is 0 Å². The minimum absolute atomic E-state index is 0.00535. The van der Waals surface area contributed by atoms with E-state index in [1.807, 2.05) is 0 Å². The molecule has 0 radical (unpaired) electrons. The highest BCUT2D eigenvalue weighted by Crippen LogP contribution is 2.18. The van der Waals surface area contributed by atoms with Crippen molar-refractivity contribution in [2.24, 2.45) is 0 Å². The largest absolute Gasteiger partial charge is 0.454 e. The molecule has 0 saturated heterocycles. The molecule has 0 fully saturated rings. The number of fused-ring (bicyclic) bond motifs is 1. The third-order valence-electron chi connectivity index (χ3n) is 4.20. The monoisotopic (exact) mass is 435 g/mol. The number of sulfonamides is 1. The number of aromatic amines is 1. The molecular weight excluding hydrogens is 418 g/mol. The van der Waals surface area contributed by atoms with Gasteiger partial charge in [-0.2, -0.15) is 4.31 Å². The van der Waals surface area contributed by atoms with Crippen molar-refractivity contribution in [1.29, 1.82) is 0 Å². The number of nitrogens with zero attached hydrogens (tertiary/aromatic N) is 2. The summed E-state index contributed by atoms with van der Waals surface area (Å²) < 4.78 is 31.2. The van der Waals surface area contributed by atoms with Crippen LogP contribution in [0.3, 0.4) is 0 Å². The van der Waals surface area contributed by atoms with Crippen molar-refractivity contribution in [3.63, 3.8) is 0 Å². The fraction of sp³-hybridized carbons (Fsp3) is 0.211. The molecule has 1 heterocycles. The number of nitrogens with one attached hydrogen (secondary N) is 1. The number of benzene rings is 2. The predicted molar refractivity (Wildman–Crippen MR) is 108 cm³/mol. The highest BCUT2D eigenvalue weighted by Gasteiger charge is 2.25. The SMILES string of the molecule is CC(OC(=O)CN(C)S(=O)(=O)c1ccc(Cl)cc1)c1nc2ccccc2c(=O)[nH]1. The Morgan fingerprint density at radius 2 is 1.86 bits per heavy atom. The van der Waals surface area contributed by atoms with Crippen LogP contribution >= 0.6 is 11.6 Å². The van der Waals surface area contributed by atoms with E-state index in [9.17, 15) is 18.0 Å². The van der Waals surface area contributed by atoms with Crippen molar-refractivity contribution in [2.45, 2.75) is 17.9 Å². The summed E-state index contributed by atoms with van der Waals surface area (Å²) in [6.45, 7) is 1.03. The van der Waals surface area contributed by atoms with Crippen LogP contribution in [-0.2, 0) is 19.6 Å². The Kier molecular flexibility index (Phi) is 6.02. The Morgan fingerprint density at radius 3 is 2.55 bits per heavy atom. The zero-order valence-electron chi connectivity index (χ0n) is 15.6. The van der Waals surface area contributed by atoms with Crippen molar-refractivity contribution in [1.82, 2.24) is 14.3 Å². The van der Waals surface area contributed by atoms with E-state index < -0.39 is 28.6 Å². The number of esters is 1. The molecule has 2 aromatic carbocycles. The maximum Gasteiger partial charge on any atom is 0.321 e. The number of ether oxygens (including phenoxy) is 1. The lowest BCUT2D eigenvalue weighted by molar-refractivity contribution is -0.148. The number of hydrogen-bond acceptors (Lipinski definition) is 6. The molecule has 1 aromatic heterocycles. The van der Waals surface area contributed by atoms with Crippen LogP contribution in [0.5, 0.6) is 0 Å². The average molecular weight is 436 g/mol. The molecule has 29 heavy (non-hydrogen) atoms. The number of halogens is 1. The Morgan fingerprint density at radius 1 is 1.21 bits per heavy atom. The first-order valence-electron chi connectivity index (χ1n) is 8.59. The molecule has 3 rings (SSSR count). The number of para-hydroxylation sites is 1. The van der Waals surface area contributed by atoms with Gasteiger partial charge in [-0.3, -0.25) is 9.59 Å². The van der Waals surface area contributed by atoms with Crippen LogP contribution in [0.15, 0.2) is 58.2 Å². The van der Waals surface area contributed by atoms with Crippen molar-refractivity contribution >= 4 is 38.5 Å². The Bertz CT molecular complexity index is 1210. The molecule has 3 aromatic rings. The van der Waals surface area contributed by atoms with Gasteiger partial charge in [0.05, 0.1) is 15.8 Å². The van der Waals surface area contributed by atoms with Crippen LogP contribution in [0.25, 0.3) is 10.9 Å². The normalized spacial score (nSPS) is 12.8. The van der Waals surface area contributed by atoms with Gasteiger partial charge < -0.3 is 9.72 Å². The average Bonchev–Trinajstić information content (AvgIpc) is 2.68. The Balaban J connectivity index is 1.71. The Labute approximate surface area is 172 Å². The first-order valence-corrected chi connectivity index (χ1v) is 10.4. The number of carbonyl (C=O) groups excluding carboxylic acids is 1. The maximum atomic E-state index is 12.5. The van der Waals surface area contributed by atoms with Crippen LogP contribution in [0.4, 0.5) is 0 Å². The molecule has 0 bridgehead atoms. The molecule has 1 atom stereocenters. The quantitative estimate of drug-likeness (QED) is 0.596. The molecular formula is C19H18ClN3O5S. The summed E-state index contributed by atoms with van der Waals surface area (Å²) in [7, 11) is -2.62. The second-order valence-corrected chi connectivity index (χ2v) is 8.80. The summed E-state index contributed by atoms with van der Waals surface area (Å²) in [6, 6.07) is 12.4. The van der Waals surface area contributed by atoms with Crippen LogP contribution in [0, 0.1) is 0 Å². The zero-order valence-corrected chi connectivity index (χ0v) is 17.2. The summed E-state index contributed by atoms with van der Waals surface area (Å²) in [5, 5.41) is 0.820. The molecule has 0 aliphatic carbocycles. The van der Waals surface area contributed by atoms with Gasteiger partial charge in [0.1, 0.15) is 6.54 Å². The van der Waals surface area contributed by atoms with Gasteiger partial charge in [0.15, 0.2) is 11.9 Å². The Hall–Kier alpha value is -2.75. The summed E-state index contributed by atoms with van der Waals surface area (Å²) in [5.41, 5.74) is 0.118. The van der Waals surface area contributed by atoms with Gasteiger partial charge >= 0.3 is 5.97 Å². The van der Waals surface area contributed by atoms with Crippen LogP contribution in [-0.4, -0.2) is 42.3 Å².